The molecule has 0 saturated heterocycles. The van der Waals surface area contributed by atoms with Gasteiger partial charge in [0.15, 0.2) is 52.1 Å². The topological polar surface area (TPSA) is 163 Å². The summed E-state index contributed by atoms with van der Waals surface area (Å²) in [5.74, 6) is 5.71. The van der Waals surface area contributed by atoms with Crippen molar-refractivity contribution in [1.29, 1.82) is 0 Å². The molecule has 0 N–H and O–H groups in total. The number of rotatable bonds is 10. The summed E-state index contributed by atoms with van der Waals surface area (Å²) in [6.45, 7) is 8.47. The Balaban J connectivity index is 0.000000156. The molecule has 72 heavy (non-hydrogen) atoms. The first-order valence-electron chi connectivity index (χ1n) is 23.5. The maximum absolute atomic E-state index is 13.4. The lowest BCUT2D eigenvalue weighted by atomic mass is 9.74. The van der Waals surface area contributed by atoms with E-state index in [4.69, 9.17) is 66.3 Å². The van der Waals surface area contributed by atoms with Gasteiger partial charge >= 0.3 is 11.9 Å². The summed E-state index contributed by atoms with van der Waals surface area (Å²) in [7, 11) is 2.75. The molecule has 370 valence electrons. The van der Waals surface area contributed by atoms with E-state index in [0.29, 0.717) is 85.7 Å². The van der Waals surface area contributed by atoms with Gasteiger partial charge in [-0.25, -0.2) is 4.79 Å². The van der Waals surface area contributed by atoms with Crippen LogP contribution in [-0.4, -0.2) is 65.5 Å². The number of carbonyl (C=O) groups is 2. The van der Waals surface area contributed by atoms with Gasteiger partial charge in [0, 0.05) is 28.2 Å². The Morgan fingerprint density at radius 1 is 0.486 bits per heavy atom. The predicted molar refractivity (Wildman–Crippen MR) is 257 cm³/mol. The van der Waals surface area contributed by atoms with Crippen LogP contribution in [0.5, 0.6) is 69.0 Å². The van der Waals surface area contributed by atoms with Gasteiger partial charge in [-0.05, 0) is 129 Å². The van der Waals surface area contributed by atoms with Crippen molar-refractivity contribution >= 4 is 17.5 Å². The van der Waals surface area contributed by atoms with E-state index in [-0.39, 0.29) is 45.3 Å². The monoisotopic (exact) mass is 978 g/mol. The third-order valence-electron chi connectivity index (χ3n) is 12.7. The first kappa shape index (κ1) is 46.0. The van der Waals surface area contributed by atoms with Crippen molar-refractivity contribution in [2.24, 2.45) is 5.92 Å². The van der Waals surface area contributed by atoms with Crippen molar-refractivity contribution in [1.82, 2.24) is 0 Å². The van der Waals surface area contributed by atoms with E-state index in [1.165, 1.54) is 14.2 Å². The molecule has 0 radical (unpaired) electrons. The van der Waals surface area contributed by atoms with Gasteiger partial charge in [-0.1, -0.05) is 24.3 Å². The molecule has 6 heterocycles. The van der Waals surface area contributed by atoms with Crippen molar-refractivity contribution in [2.45, 2.75) is 58.0 Å². The maximum Gasteiger partial charge on any atom is 0.338 e. The standard InChI is InChI=1S/C28H26O8.C28H24O8/c2*1-15(2)35-18-6-9-20-19(12-18)25(16-4-7-21-23(10-16)33-13-31-21)26(28(29)30-3)27(36-20)17-5-8-22-24(11-17)34-14-32-22/h4-12,15,25-27H,13-14H2,1-3H3;4-12,15,27H,13-14H2,1-3H3. The lowest BCUT2D eigenvalue weighted by Crippen LogP contribution is -2.36. The Labute approximate surface area is 414 Å². The predicted octanol–water partition coefficient (Wildman–Crippen LogP) is 10.0. The van der Waals surface area contributed by atoms with E-state index < -0.39 is 30.0 Å². The zero-order chi connectivity index (χ0) is 49.6. The van der Waals surface area contributed by atoms with E-state index in [9.17, 15) is 9.59 Å². The molecule has 12 rings (SSSR count). The number of esters is 2. The third kappa shape index (κ3) is 8.66. The van der Waals surface area contributed by atoms with E-state index in [2.05, 4.69) is 0 Å². The van der Waals surface area contributed by atoms with E-state index in [1.54, 1.807) is 0 Å². The molecule has 6 aromatic rings. The highest BCUT2D eigenvalue weighted by Crippen LogP contribution is 2.54. The molecule has 4 atom stereocenters. The Morgan fingerprint density at radius 3 is 1.56 bits per heavy atom. The maximum atomic E-state index is 13.4. The second-order valence-electron chi connectivity index (χ2n) is 17.9. The SMILES string of the molecule is COC(=O)C1=C(c2ccc3c(c2)OCO3)c2cc(OC(C)C)ccc2OC1c1ccc2c(c1)OCO2.COC(=O)C1C(c2ccc3c(c2)OCO3)Oc2ccc(OC(C)C)cc2C1c1ccc2c(c1)OCO2. The van der Waals surface area contributed by atoms with Gasteiger partial charge in [-0.2, -0.15) is 0 Å². The molecule has 6 aliphatic heterocycles. The molecule has 0 saturated carbocycles. The lowest BCUT2D eigenvalue weighted by molar-refractivity contribution is -0.150. The van der Waals surface area contributed by atoms with Crippen LogP contribution in [0.3, 0.4) is 0 Å². The Morgan fingerprint density at radius 2 is 0.972 bits per heavy atom. The van der Waals surface area contributed by atoms with E-state index in [1.807, 2.05) is 137 Å². The van der Waals surface area contributed by atoms with Crippen LogP contribution in [0.4, 0.5) is 0 Å². The normalized spacial score (nSPS) is 19.1. The number of hydrogen-bond acceptors (Lipinski definition) is 16. The summed E-state index contributed by atoms with van der Waals surface area (Å²) in [5, 5.41) is 0. The van der Waals surface area contributed by atoms with Crippen molar-refractivity contribution in [3.05, 3.63) is 148 Å². The van der Waals surface area contributed by atoms with Gasteiger partial charge in [-0.3, -0.25) is 4.79 Å². The molecule has 0 bridgehead atoms. The largest absolute Gasteiger partial charge is 0.491 e. The molecule has 0 amide bonds. The molecule has 16 nitrogen and oxygen atoms in total. The first-order chi connectivity index (χ1) is 35.0. The fourth-order valence-electron chi connectivity index (χ4n) is 9.66. The molecule has 0 aliphatic carbocycles. The van der Waals surface area contributed by atoms with Crippen molar-refractivity contribution in [2.75, 3.05) is 41.4 Å². The van der Waals surface area contributed by atoms with Crippen LogP contribution in [0.25, 0.3) is 5.57 Å². The summed E-state index contributed by atoms with van der Waals surface area (Å²) in [6, 6.07) is 33.7. The second-order valence-corrected chi connectivity index (χ2v) is 17.9. The Hall–Kier alpha value is -8.40. The number of carbonyl (C=O) groups excluding carboxylic acids is 2. The third-order valence-corrected chi connectivity index (χ3v) is 12.7. The molecule has 4 unspecified atom stereocenters. The van der Waals surface area contributed by atoms with Gasteiger partial charge < -0.3 is 66.3 Å². The molecule has 6 aliphatic rings. The van der Waals surface area contributed by atoms with Gasteiger partial charge in [0.25, 0.3) is 0 Å². The van der Waals surface area contributed by atoms with Gasteiger partial charge in [0.05, 0.1) is 32.0 Å². The average molecular weight is 979 g/mol. The minimum Gasteiger partial charge on any atom is -0.491 e. The van der Waals surface area contributed by atoms with Crippen molar-refractivity contribution in [3.8, 4) is 69.0 Å². The van der Waals surface area contributed by atoms with Crippen molar-refractivity contribution in [3.63, 3.8) is 0 Å². The fraction of sp³-hybridized carbons (Fsp3) is 0.286. The van der Waals surface area contributed by atoms with Gasteiger partial charge in [-0.15, -0.1) is 0 Å². The summed E-state index contributed by atoms with van der Waals surface area (Å²) in [5.41, 5.74) is 5.72. The Bertz CT molecular complexity index is 3120. The van der Waals surface area contributed by atoms with Crippen LogP contribution in [0.2, 0.25) is 0 Å². The second kappa shape index (κ2) is 19.1. The lowest BCUT2D eigenvalue weighted by Gasteiger charge is -2.39. The first-order valence-corrected chi connectivity index (χ1v) is 23.5. The summed E-state index contributed by atoms with van der Waals surface area (Å²) in [4.78, 5) is 26.8. The van der Waals surface area contributed by atoms with Crippen LogP contribution in [0, 0.1) is 5.92 Å². The molecular weight excluding hydrogens is 929 g/mol. The fourth-order valence-corrected chi connectivity index (χ4v) is 9.66. The summed E-state index contributed by atoms with van der Waals surface area (Å²) < 4.78 is 79.9. The Kier molecular flexibility index (Phi) is 12.2. The summed E-state index contributed by atoms with van der Waals surface area (Å²) >= 11 is 0. The molecule has 16 heteroatoms. The van der Waals surface area contributed by atoms with Crippen LogP contribution in [0.1, 0.15) is 79.2 Å². The minimum atomic E-state index is -0.753. The minimum absolute atomic E-state index is 0.00524. The molecule has 0 fully saturated rings. The van der Waals surface area contributed by atoms with Crippen LogP contribution < -0.4 is 56.8 Å². The summed E-state index contributed by atoms with van der Waals surface area (Å²) in [6.07, 6.45) is -1.41. The molecule has 0 spiro atoms. The number of fused-ring (bicyclic) bond motifs is 6. The van der Waals surface area contributed by atoms with E-state index in [0.717, 1.165) is 27.8 Å². The smallest absolute Gasteiger partial charge is 0.338 e. The molecular formula is C56H50O16. The number of ether oxygens (including phenoxy) is 14. The van der Waals surface area contributed by atoms with E-state index >= 15 is 0 Å². The number of benzene rings is 6. The zero-order valence-electron chi connectivity index (χ0n) is 40.2. The molecule has 0 aromatic heterocycles. The highest BCUT2D eigenvalue weighted by molar-refractivity contribution is 6.05. The number of methoxy groups -OCH3 is 2. The highest BCUT2D eigenvalue weighted by atomic mass is 16.7. The van der Waals surface area contributed by atoms with Gasteiger partial charge in [0.1, 0.15) is 35.0 Å². The van der Waals surface area contributed by atoms with Gasteiger partial charge in [0.2, 0.25) is 27.2 Å². The quantitative estimate of drug-likeness (QED) is 0.119. The van der Waals surface area contributed by atoms with Crippen molar-refractivity contribution < 1.29 is 75.9 Å². The average Bonchev–Trinajstić information content (AvgIpc) is 4.24. The van der Waals surface area contributed by atoms with Crippen LogP contribution in [-0.2, 0) is 19.1 Å². The molecule has 6 aromatic carbocycles. The zero-order valence-corrected chi connectivity index (χ0v) is 40.2. The van der Waals surface area contributed by atoms with Crippen LogP contribution in [0.15, 0.2) is 115 Å². The number of hydrogen-bond donors (Lipinski definition) is 0. The van der Waals surface area contributed by atoms with Crippen LogP contribution >= 0.6 is 0 Å². The highest BCUT2D eigenvalue weighted by Gasteiger charge is 2.46.